The van der Waals surface area contributed by atoms with Crippen molar-refractivity contribution >= 4 is 16.7 Å². The Kier molecular flexibility index (Phi) is 5.43. The Morgan fingerprint density at radius 2 is 2.17 bits per heavy atom. The Bertz CT molecular complexity index is 465. The molecule has 0 saturated heterocycles. The first-order chi connectivity index (χ1) is 8.43. The van der Waals surface area contributed by atoms with Crippen molar-refractivity contribution in [2.75, 3.05) is 12.3 Å². The number of nitrogens with two attached hydrogens (primary N) is 2. The Morgan fingerprint density at radius 3 is 2.72 bits per heavy atom. The highest BCUT2D eigenvalue weighted by molar-refractivity contribution is 7.84. The molecule has 4 N–H and O–H groups in total. The number of hydrogen-bond donors (Lipinski definition) is 2. The van der Waals surface area contributed by atoms with Crippen LogP contribution in [0.5, 0.6) is 0 Å². The molecule has 4 nitrogen and oxygen atoms in total. The highest BCUT2D eigenvalue weighted by Gasteiger charge is 2.12. The Hall–Kier alpha value is -1.27. The van der Waals surface area contributed by atoms with E-state index in [1.54, 1.807) is 0 Å². The van der Waals surface area contributed by atoms with Crippen LogP contribution in [0.4, 0.5) is 4.39 Å². The van der Waals surface area contributed by atoms with Crippen LogP contribution in [0.25, 0.3) is 0 Å². The number of primary amides is 1. The van der Waals surface area contributed by atoms with Gasteiger partial charge in [0.15, 0.2) is 0 Å². The van der Waals surface area contributed by atoms with Gasteiger partial charge >= 0.3 is 0 Å². The molecule has 0 saturated carbocycles. The summed E-state index contributed by atoms with van der Waals surface area (Å²) in [7, 11) is -1.20. The lowest BCUT2D eigenvalue weighted by Crippen LogP contribution is -2.19. The molecule has 0 bridgehead atoms. The van der Waals surface area contributed by atoms with Crippen LogP contribution < -0.4 is 11.5 Å². The number of halogens is 1. The highest BCUT2D eigenvalue weighted by atomic mass is 32.2. The van der Waals surface area contributed by atoms with Gasteiger partial charge < -0.3 is 11.5 Å². The maximum absolute atomic E-state index is 13.5. The molecule has 18 heavy (non-hydrogen) atoms. The average molecular weight is 272 g/mol. The Labute approximate surface area is 108 Å². The molecule has 1 aromatic rings. The molecule has 2 atom stereocenters. The van der Waals surface area contributed by atoms with E-state index in [-0.39, 0.29) is 22.8 Å². The van der Waals surface area contributed by atoms with Crippen molar-refractivity contribution in [3.63, 3.8) is 0 Å². The molecular formula is C12H17FN2O2S. The molecule has 0 aromatic heterocycles. The van der Waals surface area contributed by atoms with Crippen molar-refractivity contribution in [3.05, 3.63) is 35.1 Å². The topological polar surface area (TPSA) is 86.2 Å². The summed E-state index contributed by atoms with van der Waals surface area (Å²) in [4.78, 5) is 11.0. The van der Waals surface area contributed by atoms with E-state index in [1.165, 1.54) is 18.2 Å². The third-order valence-electron chi connectivity index (χ3n) is 2.52. The van der Waals surface area contributed by atoms with Gasteiger partial charge in [0.2, 0.25) is 5.91 Å². The number of hydrogen-bond acceptors (Lipinski definition) is 3. The maximum Gasteiger partial charge on any atom is 0.248 e. The summed E-state index contributed by atoms with van der Waals surface area (Å²) in [5, 5.41) is 0. The average Bonchev–Trinajstić information content (AvgIpc) is 2.31. The second-order valence-electron chi connectivity index (χ2n) is 4.26. The molecule has 6 heteroatoms. The van der Waals surface area contributed by atoms with Crippen molar-refractivity contribution in [2.45, 2.75) is 12.7 Å². The minimum atomic E-state index is -1.20. The molecule has 0 spiro atoms. The smallest absolute Gasteiger partial charge is 0.248 e. The highest BCUT2D eigenvalue weighted by Crippen LogP contribution is 2.13. The van der Waals surface area contributed by atoms with E-state index in [4.69, 9.17) is 11.5 Å². The van der Waals surface area contributed by atoms with Crippen LogP contribution in [-0.2, 0) is 16.6 Å². The third-order valence-corrected chi connectivity index (χ3v) is 4.09. The zero-order valence-electron chi connectivity index (χ0n) is 10.2. The molecule has 0 fully saturated rings. The minimum absolute atomic E-state index is 0.0668. The summed E-state index contributed by atoms with van der Waals surface area (Å²) in [6.45, 7) is 2.32. The lowest BCUT2D eigenvalue weighted by atomic mass is 10.1. The molecule has 1 amide bonds. The first kappa shape index (κ1) is 14.8. The predicted octanol–water partition coefficient (Wildman–Crippen LogP) is 0.768. The van der Waals surface area contributed by atoms with Crippen molar-refractivity contribution in [2.24, 2.45) is 17.4 Å². The van der Waals surface area contributed by atoms with Gasteiger partial charge in [0.05, 0.1) is 5.75 Å². The maximum atomic E-state index is 13.5. The van der Waals surface area contributed by atoms with E-state index < -0.39 is 22.5 Å². The number of benzene rings is 1. The summed E-state index contributed by atoms with van der Waals surface area (Å²) in [6, 6.07) is 3.83. The van der Waals surface area contributed by atoms with Gasteiger partial charge in [0.1, 0.15) is 5.82 Å². The zero-order valence-corrected chi connectivity index (χ0v) is 11.0. The largest absolute Gasteiger partial charge is 0.366 e. The lowest BCUT2D eigenvalue weighted by Gasteiger charge is -2.09. The zero-order chi connectivity index (χ0) is 13.7. The van der Waals surface area contributed by atoms with E-state index in [0.717, 1.165) is 0 Å². The molecule has 100 valence electrons. The second kappa shape index (κ2) is 6.61. The summed E-state index contributed by atoms with van der Waals surface area (Å²) in [6.07, 6.45) is 0. The first-order valence-corrected chi connectivity index (χ1v) is 7.06. The number of carbonyl (C=O) groups is 1. The standard InChI is InChI=1S/C12H17FN2O2S/c1-8(5-14)6-18(17)7-10-4-9(12(15)16)2-3-11(10)13/h2-4,8H,5-7,14H2,1H3,(H2,15,16). The van der Waals surface area contributed by atoms with Gasteiger partial charge in [-0.15, -0.1) is 0 Å². The van der Waals surface area contributed by atoms with Gasteiger partial charge in [0, 0.05) is 27.7 Å². The van der Waals surface area contributed by atoms with E-state index in [0.29, 0.717) is 12.3 Å². The molecular weight excluding hydrogens is 255 g/mol. The van der Waals surface area contributed by atoms with Crippen LogP contribution in [0, 0.1) is 11.7 Å². The summed E-state index contributed by atoms with van der Waals surface area (Å²) >= 11 is 0. The van der Waals surface area contributed by atoms with Crippen LogP contribution in [0.3, 0.4) is 0 Å². The first-order valence-electron chi connectivity index (χ1n) is 5.57. The van der Waals surface area contributed by atoms with Crippen molar-refractivity contribution in [3.8, 4) is 0 Å². The summed E-state index contributed by atoms with van der Waals surface area (Å²) < 4.78 is 25.3. The van der Waals surface area contributed by atoms with E-state index in [2.05, 4.69) is 0 Å². The molecule has 2 unspecified atom stereocenters. The van der Waals surface area contributed by atoms with E-state index in [9.17, 15) is 13.4 Å². The lowest BCUT2D eigenvalue weighted by molar-refractivity contribution is 0.1000. The Morgan fingerprint density at radius 1 is 1.50 bits per heavy atom. The van der Waals surface area contributed by atoms with Gasteiger partial charge in [-0.3, -0.25) is 9.00 Å². The Balaban J connectivity index is 2.80. The molecule has 1 rings (SSSR count). The third kappa shape index (κ3) is 4.19. The number of amides is 1. The van der Waals surface area contributed by atoms with Crippen molar-refractivity contribution in [1.29, 1.82) is 0 Å². The molecule has 0 aliphatic carbocycles. The molecule has 0 heterocycles. The van der Waals surface area contributed by atoms with Crippen LogP contribution in [0.1, 0.15) is 22.8 Å². The van der Waals surface area contributed by atoms with E-state index in [1.807, 2.05) is 6.92 Å². The van der Waals surface area contributed by atoms with Crippen molar-refractivity contribution in [1.82, 2.24) is 0 Å². The quantitative estimate of drug-likeness (QED) is 0.802. The molecule has 0 aliphatic heterocycles. The monoisotopic (exact) mass is 272 g/mol. The molecule has 0 radical (unpaired) electrons. The molecule has 1 aromatic carbocycles. The van der Waals surface area contributed by atoms with Gasteiger partial charge in [-0.05, 0) is 30.7 Å². The fourth-order valence-electron chi connectivity index (χ4n) is 1.46. The fraction of sp³-hybridized carbons (Fsp3) is 0.417. The minimum Gasteiger partial charge on any atom is -0.366 e. The van der Waals surface area contributed by atoms with Crippen LogP contribution in [0.2, 0.25) is 0 Å². The summed E-state index contributed by atoms with van der Waals surface area (Å²) in [5.74, 6) is -0.507. The van der Waals surface area contributed by atoms with E-state index >= 15 is 0 Å². The van der Waals surface area contributed by atoms with Crippen molar-refractivity contribution < 1.29 is 13.4 Å². The van der Waals surface area contributed by atoms with Crippen LogP contribution in [0.15, 0.2) is 18.2 Å². The molecule has 0 aliphatic rings. The van der Waals surface area contributed by atoms with Gasteiger partial charge in [0.25, 0.3) is 0 Å². The van der Waals surface area contributed by atoms with Crippen LogP contribution >= 0.6 is 0 Å². The van der Waals surface area contributed by atoms with Gasteiger partial charge in [-0.1, -0.05) is 6.92 Å². The summed E-state index contributed by atoms with van der Waals surface area (Å²) in [5.41, 5.74) is 11.0. The normalized spacial score (nSPS) is 14.2. The van der Waals surface area contributed by atoms with Gasteiger partial charge in [-0.2, -0.15) is 0 Å². The van der Waals surface area contributed by atoms with Gasteiger partial charge in [-0.25, -0.2) is 4.39 Å². The number of carbonyl (C=O) groups excluding carboxylic acids is 1. The predicted molar refractivity (Wildman–Crippen MR) is 69.8 cm³/mol. The second-order valence-corrected chi connectivity index (χ2v) is 5.76. The fourth-order valence-corrected chi connectivity index (χ4v) is 2.91. The van der Waals surface area contributed by atoms with Crippen LogP contribution in [-0.4, -0.2) is 22.4 Å². The SMILES string of the molecule is CC(CN)CS(=O)Cc1cc(C(N)=O)ccc1F. The number of rotatable bonds is 6.